The summed E-state index contributed by atoms with van der Waals surface area (Å²) < 4.78 is 5.58. The van der Waals surface area contributed by atoms with Crippen molar-refractivity contribution in [3.05, 3.63) is 23.2 Å². The van der Waals surface area contributed by atoms with Crippen molar-refractivity contribution >= 4 is 0 Å². The highest BCUT2D eigenvalue weighted by Gasteiger charge is 2.37. The molecule has 1 aliphatic rings. The summed E-state index contributed by atoms with van der Waals surface area (Å²) in [7, 11) is 0. The lowest BCUT2D eigenvalue weighted by Gasteiger charge is -2.06. The quantitative estimate of drug-likeness (QED) is 0.773. The van der Waals surface area contributed by atoms with E-state index < -0.39 is 0 Å². The van der Waals surface area contributed by atoms with Crippen LogP contribution in [0.1, 0.15) is 36.3 Å². The van der Waals surface area contributed by atoms with Gasteiger partial charge in [-0.2, -0.15) is 0 Å². The number of hydrogen-bond acceptors (Lipinski definition) is 2. The molecule has 0 aliphatic heterocycles. The molecule has 0 atom stereocenters. The summed E-state index contributed by atoms with van der Waals surface area (Å²) >= 11 is 0. The van der Waals surface area contributed by atoms with Gasteiger partial charge >= 0.3 is 0 Å². The summed E-state index contributed by atoms with van der Waals surface area (Å²) in [5.74, 6) is 2.13. The molecule has 0 saturated heterocycles. The molecule has 0 unspecified atom stereocenters. The van der Waals surface area contributed by atoms with E-state index in [1.807, 2.05) is 6.92 Å². The van der Waals surface area contributed by atoms with Crippen LogP contribution in [0.2, 0.25) is 0 Å². The van der Waals surface area contributed by atoms with Gasteiger partial charge < -0.3 is 10.2 Å². The van der Waals surface area contributed by atoms with E-state index in [0.717, 1.165) is 24.4 Å². The standard InChI is InChI=1S/C11H17NO/c1-8-7-9(2)13-10(8)3-4-11(12)5-6-11/h7H,3-6,12H2,1-2H3. The first kappa shape index (κ1) is 8.82. The first-order chi connectivity index (χ1) is 6.09. The molecule has 13 heavy (non-hydrogen) atoms. The molecule has 0 bridgehead atoms. The lowest BCUT2D eigenvalue weighted by Crippen LogP contribution is -2.22. The monoisotopic (exact) mass is 179 g/mol. The molecule has 0 radical (unpaired) electrons. The second-order valence-electron chi connectivity index (χ2n) is 4.33. The molecule has 72 valence electrons. The van der Waals surface area contributed by atoms with E-state index in [9.17, 15) is 0 Å². The van der Waals surface area contributed by atoms with Crippen molar-refractivity contribution in [3.8, 4) is 0 Å². The van der Waals surface area contributed by atoms with Crippen molar-refractivity contribution in [1.82, 2.24) is 0 Å². The SMILES string of the molecule is Cc1cc(C)c(CCC2(N)CC2)o1. The summed E-state index contributed by atoms with van der Waals surface area (Å²) in [6.07, 6.45) is 4.44. The van der Waals surface area contributed by atoms with Crippen LogP contribution in [0.25, 0.3) is 0 Å². The number of hydrogen-bond donors (Lipinski definition) is 1. The second-order valence-corrected chi connectivity index (χ2v) is 4.33. The van der Waals surface area contributed by atoms with Crippen LogP contribution in [0.5, 0.6) is 0 Å². The second kappa shape index (κ2) is 2.88. The van der Waals surface area contributed by atoms with E-state index >= 15 is 0 Å². The van der Waals surface area contributed by atoms with Gasteiger partial charge in [-0.25, -0.2) is 0 Å². The van der Waals surface area contributed by atoms with Crippen molar-refractivity contribution in [2.75, 3.05) is 0 Å². The molecule has 2 rings (SSSR count). The third-order valence-electron chi connectivity index (χ3n) is 2.89. The maximum absolute atomic E-state index is 6.01. The minimum atomic E-state index is 0.146. The third-order valence-corrected chi connectivity index (χ3v) is 2.89. The van der Waals surface area contributed by atoms with Crippen LogP contribution >= 0.6 is 0 Å². The highest BCUT2D eigenvalue weighted by atomic mass is 16.3. The minimum absolute atomic E-state index is 0.146. The Balaban J connectivity index is 1.97. The molecule has 1 heterocycles. The predicted octanol–water partition coefficient (Wildman–Crippen LogP) is 2.32. The summed E-state index contributed by atoms with van der Waals surface area (Å²) in [5.41, 5.74) is 7.42. The topological polar surface area (TPSA) is 39.2 Å². The molecule has 1 aliphatic carbocycles. The molecule has 0 amide bonds. The van der Waals surface area contributed by atoms with Crippen molar-refractivity contribution in [2.24, 2.45) is 5.73 Å². The van der Waals surface area contributed by atoms with Gasteiger partial charge in [0.1, 0.15) is 11.5 Å². The molecular formula is C11H17NO. The average molecular weight is 179 g/mol. The lowest BCUT2D eigenvalue weighted by molar-refractivity contribution is 0.459. The van der Waals surface area contributed by atoms with Crippen LogP contribution in [0.4, 0.5) is 0 Å². The lowest BCUT2D eigenvalue weighted by atomic mass is 10.1. The van der Waals surface area contributed by atoms with Crippen molar-refractivity contribution in [1.29, 1.82) is 0 Å². The number of furan rings is 1. The van der Waals surface area contributed by atoms with Crippen LogP contribution in [0, 0.1) is 13.8 Å². The molecule has 1 aromatic rings. The third kappa shape index (κ3) is 1.94. The summed E-state index contributed by atoms with van der Waals surface area (Å²) in [6.45, 7) is 4.09. The Hall–Kier alpha value is -0.760. The zero-order valence-corrected chi connectivity index (χ0v) is 8.39. The van der Waals surface area contributed by atoms with Gasteiger partial charge in [0, 0.05) is 12.0 Å². The van der Waals surface area contributed by atoms with E-state index in [1.54, 1.807) is 0 Å². The molecule has 0 aromatic carbocycles. The van der Waals surface area contributed by atoms with Crippen LogP contribution in [0.3, 0.4) is 0 Å². The fourth-order valence-electron chi connectivity index (χ4n) is 1.71. The average Bonchev–Trinajstić information content (AvgIpc) is 2.69. The number of aryl methyl sites for hydroxylation is 3. The predicted molar refractivity (Wildman–Crippen MR) is 52.7 cm³/mol. The maximum Gasteiger partial charge on any atom is 0.107 e. The molecule has 2 nitrogen and oxygen atoms in total. The zero-order chi connectivity index (χ0) is 9.47. The molecule has 1 fully saturated rings. The molecule has 1 aromatic heterocycles. The van der Waals surface area contributed by atoms with E-state index in [-0.39, 0.29) is 5.54 Å². The highest BCUT2D eigenvalue weighted by Crippen LogP contribution is 2.36. The van der Waals surface area contributed by atoms with Gasteiger partial charge in [0.2, 0.25) is 0 Å². The fraction of sp³-hybridized carbons (Fsp3) is 0.636. The summed E-state index contributed by atoms with van der Waals surface area (Å²) in [6, 6.07) is 2.09. The van der Waals surface area contributed by atoms with Gasteiger partial charge in [-0.3, -0.25) is 0 Å². The maximum atomic E-state index is 6.01. The van der Waals surface area contributed by atoms with Gasteiger partial charge in [0.25, 0.3) is 0 Å². The summed E-state index contributed by atoms with van der Waals surface area (Å²) in [4.78, 5) is 0. The Kier molecular flexibility index (Phi) is 1.95. The zero-order valence-electron chi connectivity index (χ0n) is 8.39. The van der Waals surface area contributed by atoms with Crippen LogP contribution in [-0.2, 0) is 6.42 Å². The van der Waals surface area contributed by atoms with Crippen molar-refractivity contribution < 1.29 is 4.42 Å². The largest absolute Gasteiger partial charge is 0.466 e. The highest BCUT2D eigenvalue weighted by molar-refractivity contribution is 5.20. The van der Waals surface area contributed by atoms with Crippen LogP contribution < -0.4 is 5.73 Å². The molecule has 2 heteroatoms. The van der Waals surface area contributed by atoms with Gasteiger partial charge in [-0.1, -0.05) is 0 Å². The normalized spacial score (nSPS) is 19.0. The van der Waals surface area contributed by atoms with Gasteiger partial charge in [0.05, 0.1) is 0 Å². The van der Waals surface area contributed by atoms with Gasteiger partial charge in [-0.15, -0.1) is 0 Å². The first-order valence-electron chi connectivity index (χ1n) is 4.94. The molecule has 1 saturated carbocycles. The minimum Gasteiger partial charge on any atom is -0.466 e. The fourth-order valence-corrected chi connectivity index (χ4v) is 1.71. The van der Waals surface area contributed by atoms with Crippen LogP contribution in [-0.4, -0.2) is 5.54 Å². The Bertz CT molecular complexity index is 310. The van der Waals surface area contributed by atoms with Crippen LogP contribution in [0.15, 0.2) is 10.5 Å². The van der Waals surface area contributed by atoms with E-state index in [4.69, 9.17) is 10.2 Å². The Morgan fingerprint density at radius 2 is 2.15 bits per heavy atom. The molecule has 0 spiro atoms. The number of rotatable bonds is 3. The molecular weight excluding hydrogens is 162 g/mol. The Morgan fingerprint density at radius 3 is 2.62 bits per heavy atom. The Labute approximate surface area is 79.1 Å². The van der Waals surface area contributed by atoms with E-state index in [1.165, 1.54) is 18.4 Å². The molecule has 2 N–H and O–H groups in total. The first-order valence-corrected chi connectivity index (χ1v) is 4.94. The summed E-state index contributed by atoms with van der Waals surface area (Å²) in [5, 5.41) is 0. The van der Waals surface area contributed by atoms with Crippen molar-refractivity contribution in [2.45, 2.75) is 45.1 Å². The van der Waals surface area contributed by atoms with E-state index in [0.29, 0.717) is 0 Å². The van der Waals surface area contributed by atoms with Crippen molar-refractivity contribution in [3.63, 3.8) is 0 Å². The van der Waals surface area contributed by atoms with Gasteiger partial charge in [0.15, 0.2) is 0 Å². The van der Waals surface area contributed by atoms with Gasteiger partial charge in [-0.05, 0) is 44.7 Å². The van der Waals surface area contributed by atoms with E-state index in [2.05, 4.69) is 13.0 Å². The Morgan fingerprint density at radius 1 is 1.46 bits per heavy atom. The smallest absolute Gasteiger partial charge is 0.107 e. The number of nitrogens with two attached hydrogens (primary N) is 1.